The quantitative estimate of drug-likeness (QED) is 0.684. The number of nitrogens with zero attached hydrogens (tertiary/aromatic N) is 1. The normalized spacial score (nSPS) is 10.6. The van der Waals surface area contributed by atoms with Crippen LogP contribution in [0.4, 0.5) is 10.1 Å². The molecule has 1 aromatic rings. The second-order valence-corrected chi connectivity index (χ2v) is 4.16. The van der Waals surface area contributed by atoms with Gasteiger partial charge in [-0.05, 0) is 38.1 Å². The monoisotopic (exact) mass is 254 g/mol. The van der Waals surface area contributed by atoms with Crippen molar-refractivity contribution in [2.45, 2.75) is 13.3 Å². The van der Waals surface area contributed by atoms with Crippen LogP contribution in [0.25, 0.3) is 0 Å². The molecule has 0 saturated heterocycles. The lowest BCUT2D eigenvalue weighted by Gasteiger charge is -2.23. The van der Waals surface area contributed by atoms with Crippen LogP contribution in [0.15, 0.2) is 24.3 Å². The molecular weight excluding hydrogens is 231 g/mol. The molecule has 1 aromatic carbocycles. The van der Waals surface area contributed by atoms with E-state index in [4.69, 9.17) is 4.74 Å². The lowest BCUT2D eigenvalue weighted by atomic mass is 10.2. The zero-order valence-electron chi connectivity index (χ0n) is 11.3. The molecule has 0 spiro atoms. The zero-order chi connectivity index (χ0) is 13.2. The predicted molar refractivity (Wildman–Crippen MR) is 73.6 cm³/mol. The number of halogens is 1. The molecule has 0 radical (unpaired) electrons. The highest BCUT2D eigenvalue weighted by molar-refractivity contribution is 5.46. The number of rotatable bonds is 9. The van der Waals surface area contributed by atoms with Gasteiger partial charge in [0.15, 0.2) is 0 Å². The van der Waals surface area contributed by atoms with Gasteiger partial charge < -0.3 is 15.0 Å². The molecule has 0 amide bonds. The van der Waals surface area contributed by atoms with Gasteiger partial charge in [0.25, 0.3) is 0 Å². The molecule has 0 aliphatic heterocycles. The average Bonchev–Trinajstić information content (AvgIpc) is 2.38. The summed E-state index contributed by atoms with van der Waals surface area (Å²) in [6.45, 7) is 6.48. The van der Waals surface area contributed by atoms with Crippen LogP contribution in [0.2, 0.25) is 0 Å². The summed E-state index contributed by atoms with van der Waals surface area (Å²) < 4.78 is 18.1. The Morgan fingerprint density at radius 3 is 2.83 bits per heavy atom. The van der Waals surface area contributed by atoms with Crippen molar-refractivity contribution in [2.24, 2.45) is 0 Å². The van der Waals surface area contributed by atoms with E-state index in [0.717, 1.165) is 44.9 Å². The minimum absolute atomic E-state index is 0.181. The molecule has 0 atom stereocenters. The van der Waals surface area contributed by atoms with Crippen molar-refractivity contribution in [1.82, 2.24) is 5.32 Å². The Bertz CT molecular complexity index is 333. The third-order valence-electron chi connectivity index (χ3n) is 2.82. The smallest absolute Gasteiger partial charge is 0.125 e. The predicted octanol–water partition coefficient (Wildman–Crippen LogP) is 2.28. The van der Waals surface area contributed by atoms with E-state index in [0.29, 0.717) is 0 Å². The summed E-state index contributed by atoms with van der Waals surface area (Å²) in [5.74, 6) is -0.181. The molecule has 0 unspecified atom stereocenters. The Morgan fingerprint density at radius 2 is 2.17 bits per heavy atom. The molecule has 0 aliphatic rings. The number of anilines is 1. The lowest BCUT2D eigenvalue weighted by Crippen LogP contribution is -2.32. The Labute approximate surface area is 109 Å². The minimum atomic E-state index is -0.181. The molecule has 0 aromatic heterocycles. The lowest BCUT2D eigenvalue weighted by molar-refractivity contribution is 0.194. The molecule has 0 bridgehead atoms. The Hall–Kier alpha value is -1.13. The van der Waals surface area contributed by atoms with E-state index < -0.39 is 0 Å². The molecular formula is C14H23FN2O. The summed E-state index contributed by atoms with van der Waals surface area (Å²) in [7, 11) is 1.71. The third-order valence-corrected chi connectivity index (χ3v) is 2.82. The van der Waals surface area contributed by atoms with E-state index in [1.807, 2.05) is 6.07 Å². The highest BCUT2D eigenvalue weighted by atomic mass is 19.1. The van der Waals surface area contributed by atoms with Crippen LogP contribution >= 0.6 is 0 Å². The summed E-state index contributed by atoms with van der Waals surface area (Å²) in [5, 5.41) is 3.35. The Kier molecular flexibility index (Phi) is 7.37. The van der Waals surface area contributed by atoms with E-state index in [2.05, 4.69) is 17.1 Å². The maximum Gasteiger partial charge on any atom is 0.125 e. The van der Waals surface area contributed by atoms with Gasteiger partial charge in [0, 0.05) is 39.0 Å². The van der Waals surface area contributed by atoms with Gasteiger partial charge in [0.2, 0.25) is 0 Å². The highest BCUT2D eigenvalue weighted by Crippen LogP contribution is 2.14. The van der Waals surface area contributed by atoms with Crippen LogP contribution in [0.1, 0.15) is 13.3 Å². The molecule has 3 nitrogen and oxygen atoms in total. The first-order valence-corrected chi connectivity index (χ1v) is 6.48. The van der Waals surface area contributed by atoms with Crippen molar-refractivity contribution in [3.05, 3.63) is 30.1 Å². The van der Waals surface area contributed by atoms with Crippen LogP contribution in [0.5, 0.6) is 0 Å². The Balaban J connectivity index is 2.29. The summed E-state index contributed by atoms with van der Waals surface area (Å²) >= 11 is 0. The van der Waals surface area contributed by atoms with Crippen LogP contribution in [0.3, 0.4) is 0 Å². The van der Waals surface area contributed by atoms with Gasteiger partial charge >= 0.3 is 0 Å². The Morgan fingerprint density at radius 1 is 1.33 bits per heavy atom. The zero-order valence-corrected chi connectivity index (χ0v) is 11.3. The summed E-state index contributed by atoms with van der Waals surface area (Å²) in [5.41, 5.74) is 0.941. The fraction of sp³-hybridized carbons (Fsp3) is 0.571. The number of ether oxygens (including phenoxy) is 1. The summed E-state index contributed by atoms with van der Waals surface area (Å²) in [4.78, 5) is 2.16. The molecule has 1 rings (SSSR count). The van der Waals surface area contributed by atoms with Gasteiger partial charge in [-0.3, -0.25) is 0 Å². The molecule has 0 heterocycles. The van der Waals surface area contributed by atoms with Crippen LogP contribution in [-0.4, -0.2) is 39.9 Å². The minimum Gasteiger partial charge on any atom is -0.385 e. The van der Waals surface area contributed by atoms with Gasteiger partial charge in [-0.1, -0.05) is 6.07 Å². The van der Waals surface area contributed by atoms with Crippen molar-refractivity contribution in [3.63, 3.8) is 0 Å². The van der Waals surface area contributed by atoms with Crippen molar-refractivity contribution in [2.75, 3.05) is 44.8 Å². The molecule has 0 saturated carbocycles. The van der Waals surface area contributed by atoms with Crippen molar-refractivity contribution in [3.8, 4) is 0 Å². The maximum atomic E-state index is 13.1. The number of likely N-dealkylation sites (N-methyl/N-ethyl adjacent to an activating group) is 1. The van der Waals surface area contributed by atoms with Crippen LogP contribution in [0, 0.1) is 5.82 Å². The van der Waals surface area contributed by atoms with Crippen LogP contribution < -0.4 is 10.2 Å². The van der Waals surface area contributed by atoms with Gasteiger partial charge in [0.05, 0.1) is 0 Å². The third kappa shape index (κ3) is 5.47. The van der Waals surface area contributed by atoms with Gasteiger partial charge in [-0.25, -0.2) is 4.39 Å². The second kappa shape index (κ2) is 8.89. The van der Waals surface area contributed by atoms with Crippen molar-refractivity contribution < 1.29 is 9.13 Å². The second-order valence-electron chi connectivity index (χ2n) is 4.16. The fourth-order valence-electron chi connectivity index (χ4n) is 1.82. The first-order valence-electron chi connectivity index (χ1n) is 6.48. The first kappa shape index (κ1) is 14.9. The fourth-order valence-corrected chi connectivity index (χ4v) is 1.82. The van der Waals surface area contributed by atoms with E-state index in [1.165, 1.54) is 6.07 Å². The number of hydrogen-bond donors (Lipinski definition) is 1. The summed E-state index contributed by atoms with van der Waals surface area (Å²) in [6, 6.07) is 6.74. The summed E-state index contributed by atoms with van der Waals surface area (Å²) in [6.07, 6.45) is 1.02. The molecule has 0 fully saturated rings. The van der Waals surface area contributed by atoms with Gasteiger partial charge in [-0.2, -0.15) is 0 Å². The topological polar surface area (TPSA) is 24.5 Å². The largest absolute Gasteiger partial charge is 0.385 e. The van der Waals surface area contributed by atoms with Gasteiger partial charge in [-0.15, -0.1) is 0 Å². The van der Waals surface area contributed by atoms with Crippen molar-refractivity contribution in [1.29, 1.82) is 0 Å². The molecule has 0 aliphatic carbocycles. The van der Waals surface area contributed by atoms with Gasteiger partial charge in [0.1, 0.15) is 5.82 Å². The van der Waals surface area contributed by atoms with E-state index in [1.54, 1.807) is 19.2 Å². The first-order chi connectivity index (χ1) is 8.77. The molecule has 18 heavy (non-hydrogen) atoms. The SMILES string of the molecule is CCN(CCNCCCOC)c1cccc(F)c1. The highest BCUT2D eigenvalue weighted by Gasteiger charge is 2.04. The van der Waals surface area contributed by atoms with E-state index in [9.17, 15) is 4.39 Å². The van der Waals surface area contributed by atoms with Crippen LogP contribution in [-0.2, 0) is 4.74 Å². The molecule has 1 N–H and O–H groups in total. The average molecular weight is 254 g/mol. The van der Waals surface area contributed by atoms with E-state index in [-0.39, 0.29) is 5.82 Å². The van der Waals surface area contributed by atoms with E-state index >= 15 is 0 Å². The standard InChI is InChI=1S/C14H23FN2O/c1-3-17(10-9-16-8-5-11-18-2)14-7-4-6-13(15)12-14/h4,6-7,12,16H,3,5,8-11H2,1-2H3. The van der Waals surface area contributed by atoms with Crippen molar-refractivity contribution >= 4 is 5.69 Å². The number of nitrogens with one attached hydrogen (secondary N) is 1. The maximum absolute atomic E-state index is 13.1. The number of benzene rings is 1. The molecule has 102 valence electrons. The number of hydrogen-bond acceptors (Lipinski definition) is 3. The molecule has 4 heteroatoms. The number of methoxy groups -OCH3 is 1.